The number of nitrogens with zero attached hydrogens (tertiary/aromatic N) is 1. The predicted octanol–water partition coefficient (Wildman–Crippen LogP) is 1.81. The number of cyclic esters (lactones) is 1. The first-order valence-corrected chi connectivity index (χ1v) is 10.8. The van der Waals surface area contributed by atoms with Crippen molar-refractivity contribution >= 4 is 27.5 Å². The van der Waals surface area contributed by atoms with Crippen LogP contribution in [0.5, 0.6) is 0 Å². The SMILES string of the molecule is C[C@@](C[C@H]1CN(c2ccc(C#CCCCF)cc2)C(=O)O1)(C(=O)NO)S(C)(=O)=O. The van der Waals surface area contributed by atoms with Crippen LogP contribution in [0.4, 0.5) is 14.9 Å². The van der Waals surface area contributed by atoms with Crippen molar-refractivity contribution in [2.24, 2.45) is 0 Å². The number of carbonyl (C=O) groups excluding carboxylic acids is 2. The molecule has 0 spiro atoms. The molecule has 0 bridgehead atoms. The number of hydrogen-bond donors (Lipinski definition) is 2. The summed E-state index contributed by atoms with van der Waals surface area (Å²) in [6, 6.07) is 6.74. The van der Waals surface area contributed by atoms with Gasteiger partial charge >= 0.3 is 6.09 Å². The van der Waals surface area contributed by atoms with Crippen molar-refractivity contribution in [3.63, 3.8) is 0 Å². The van der Waals surface area contributed by atoms with Gasteiger partial charge < -0.3 is 4.74 Å². The lowest BCUT2D eigenvalue weighted by atomic mass is 10.0. The zero-order valence-corrected chi connectivity index (χ0v) is 17.0. The molecule has 0 unspecified atom stereocenters. The fourth-order valence-corrected chi connectivity index (χ4v) is 3.72. The predicted molar refractivity (Wildman–Crippen MR) is 104 cm³/mol. The van der Waals surface area contributed by atoms with Crippen molar-refractivity contribution in [2.75, 3.05) is 24.4 Å². The molecule has 1 aliphatic rings. The molecule has 10 heteroatoms. The van der Waals surface area contributed by atoms with Crippen LogP contribution in [0.25, 0.3) is 0 Å². The third-order valence-electron chi connectivity index (χ3n) is 4.74. The van der Waals surface area contributed by atoms with Gasteiger partial charge in [-0.3, -0.25) is 19.3 Å². The Labute approximate surface area is 168 Å². The number of ether oxygens (including phenoxy) is 1. The molecule has 29 heavy (non-hydrogen) atoms. The number of nitrogens with one attached hydrogen (secondary N) is 1. The van der Waals surface area contributed by atoms with Crippen molar-refractivity contribution in [1.82, 2.24) is 5.48 Å². The van der Waals surface area contributed by atoms with Crippen LogP contribution in [0, 0.1) is 11.8 Å². The maximum Gasteiger partial charge on any atom is 0.414 e. The van der Waals surface area contributed by atoms with E-state index in [4.69, 9.17) is 9.94 Å². The lowest BCUT2D eigenvalue weighted by Crippen LogP contribution is -2.51. The van der Waals surface area contributed by atoms with Gasteiger partial charge in [-0.1, -0.05) is 11.8 Å². The van der Waals surface area contributed by atoms with Crippen LogP contribution in [0.3, 0.4) is 0 Å². The van der Waals surface area contributed by atoms with Crippen LogP contribution in [0.1, 0.15) is 31.7 Å². The molecular formula is C19H23FN2O6S. The average Bonchev–Trinajstić information content (AvgIpc) is 3.04. The molecule has 1 aliphatic heterocycles. The monoisotopic (exact) mass is 426 g/mol. The summed E-state index contributed by atoms with van der Waals surface area (Å²) in [5, 5.41) is 8.90. The molecular weight excluding hydrogens is 403 g/mol. The minimum absolute atomic E-state index is 0.0458. The van der Waals surface area contributed by atoms with Crippen LogP contribution >= 0.6 is 0 Å². The average molecular weight is 426 g/mol. The van der Waals surface area contributed by atoms with Gasteiger partial charge in [-0.05, 0) is 37.6 Å². The quantitative estimate of drug-likeness (QED) is 0.298. The normalized spacial score (nSPS) is 18.4. The van der Waals surface area contributed by atoms with E-state index in [1.165, 1.54) is 17.3 Å². The van der Waals surface area contributed by atoms with Gasteiger partial charge in [-0.15, -0.1) is 0 Å². The molecule has 0 aliphatic carbocycles. The molecule has 2 amide bonds. The van der Waals surface area contributed by atoms with Crippen LogP contribution < -0.4 is 10.4 Å². The number of alkyl halides is 1. The number of hydroxylamine groups is 1. The lowest BCUT2D eigenvalue weighted by Gasteiger charge is -2.26. The molecule has 2 atom stereocenters. The fraction of sp³-hybridized carbons (Fsp3) is 0.474. The molecule has 1 fully saturated rings. The molecule has 2 rings (SSSR count). The molecule has 2 N–H and O–H groups in total. The molecule has 1 aromatic rings. The summed E-state index contributed by atoms with van der Waals surface area (Å²) in [6.07, 6.45) is -0.120. The first-order chi connectivity index (χ1) is 13.6. The van der Waals surface area contributed by atoms with Crippen LogP contribution in [-0.2, 0) is 19.4 Å². The Bertz CT molecular complexity index is 922. The van der Waals surface area contributed by atoms with E-state index in [0.717, 1.165) is 6.26 Å². The van der Waals surface area contributed by atoms with E-state index < -0.39 is 39.4 Å². The summed E-state index contributed by atoms with van der Waals surface area (Å²) in [7, 11) is -3.90. The Kier molecular flexibility index (Phi) is 7.21. The zero-order valence-electron chi connectivity index (χ0n) is 16.1. The Balaban J connectivity index is 2.11. The Morgan fingerprint density at radius 3 is 2.62 bits per heavy atom. The maximum atomic E-state index is 12.2. The van der Waals surface area contributed by atoms with Gasteiger partial charge in [0.05, 0.1) is 13.2 Å². The number of halogens is 1. The molecule has 1 saturated heterocycles. The smallest absolute Gasteiger partial charge is 0.414 e. The van der Waals surface area contributed by atoms with Gasteiger partial charge in [-0.25, -0.2) is 18.7 Å². The highest BCUT2D eigenvalue weighted by molar-refractivity contribution is 7.92. The van der Waals surface area contributed by atoms with E-state index in [0.29, 0.717) is 24.1 Å². The van der Waals surface area contributed by atoms with E-state index in [1.807, 2.05) is 0 Å². The topological polar surface area (TPSA) is 113 Å². The second kappa shape index (κ2) is 9.24. The summed E-state index contributed by atoms with van der Waals surface area (Å²) in [4.78, 5) is 25.5. The largest absolute Gasteiger partial charge is 0.444 e. The second-order valence-electron chi connectivity index (χ2n) is 6.91. The summed E-state index contributed by atoms with van der Waals surface area (Å²) in [5.74, 6) is 4.66. The Morgan fingerprint density at radius 2 is 2.07 bits per heavy atom. The van der Waals surface area contributed by atoms with Crippen LogP contribution in [-0.4, -0.2) is 56.0 Å². The van der Waals surface area contributed by atoms with Crippen molar-refractivity contribution in [1.29, 1.82) is 0 Å². The van der Waals surface area contributed by atoms with Gasteiger partial charge in [0.2, 0.25) is 0 Å². The molecule has 158 valence electrons. The number of benzene rings is 1. The third kappa shape index (κ3) is 5.25. The van der Waals surface area contributed by atoms with E-state index in [2.05, 4.69) is 11.8 Å². The highest BCUT2D eigenvalue weighted by Crippen LogP contribution is 2.30. The van der Waals surface area contributed by atoms with Crippen molar-refractivity contribution in [3.05, 3.63) is 29.8 Å². The molecule has 1 aromatic carbocycles. The Morgan fingerprint density at radius 1 is 1.41 bits per heavy atom. The summed E-state index contributed by atoms with van der Waals surface area (Å²) < 4.78 is 39.5. The molecule has 0 saturated carbocycles. The van der Waals surface area contributed by atoms with E-state index in [1.54, 1.807) is 24.3 Å². The van der Waals surface area contributed by atoms with E-state index in [9.17, 15) is 22.4 Å². The van der Waals surface area contributed by atoms with Gasteiger partial charge in [0, 0.05) is 30.3 Å². The number of hydrogen-bond acceptors (Lipinski definition) is 6. The fourth-order valence-electron chi connectivity index (χ4n) is 2.85. The lowest BCUT2D eigenvalue weighted by molar-refractivity contribution is -0.132. The Hall–Kier alpha value is -2.64. The first-order valence-electron chi connectivity index (χ1n) is 8.89. The van der Waals surface area contributed by atoms with Gasteiger partial charge in [0.1, 0.15) is 6.10 Å². The number of carbonyl (C=O) groups is 2. The van der Waals surface area contributed by atoms with E-state index >= 15 is 0 Å². The molecule has 1 heterocycles. The third-order valence-corrected chi connectivity index (χ3v) is 6.73. The van der Waals surface area contributed by atoms with Crippen molar-refractivity contribution in [2.45, 2.75) is 37.0 Å². The standard InChI is InChI=1S/C19H23FN2O6S/c1-19(17(23)21-25,29(2,26)27)12-16-13-22(18(24)28-16)15-9-7-14(8-10-15)6-4-3-5-11-20/h7-10,16,25H,3,5,11-13H2,1-2H3,(H,21,23)/t16-,19+/m0/s1. The number of rotatable bonds is 7. The minimum atomic E-state index is -3.90. The second-order valence-corrected chi connectivity index (χ2v) is 9.35. The molecule has 8 nitrogen and oxygen atoms in total. The summed E-state index contributed by atoms with van der Waals surface area (Å²) in [6.45, 7) is 0.801. The highest BCUT2D eigenvalue weighted by atomic mass is 32.2. The van der Waals surface area contributed by atoms with Gasteiger partial charge in [0.25, 0.3) is 5.91 Å². The number of anilines is 1. The van der Waals surface area contributed by atoms with Gasteiger partial charge in [0.15, 0.2) is 14.6 Å². The molecule has 0 radical (unpaired) electrons. The van der Waals surface area contributed by atoms with Crippen molar-refractivity contribution in [3.8, 4) is 11.8 Å². The zero-order chi connectivity index (χ0) is 21.7. The first kappa shape index (κ1) is 22.6. The summed E-state index contributed by atoms with van der Waals surface area (Å²) in [5.41, 5.74) is 2.60. The maximum absolute atomic E-state index is 12.2. The van der Waals surface area contributed by atoms with Crippen LogP contribution in [0.2, 0.25) is 0 Å². The van der Waals surface area contributed by atoms with E-state index in [-0.39, 0.29) is 13.0 Å². The highest BCUT2D eigenvalue weighted by Gasteiger charge is 2.48. The van der Waals surface area contributed by atoms with Crippen molar-refractivity contribution < 1.29 is 32.3 Å². The number of unbranched alkanes of at least 4 members (excludes halogenated alkanes) is 1. The molecule has 0 aromatic heterocycles. The van der Waals surface area contributed by atoms with Gasteiger partial charge in [-0.2, -0.15) is 0 Å². The van der Waals surface area contributed by atoms with Crippen LogP contribution in [0.15, 0.2) is 24.3 Å². The number of amides is 2. The number of sulfone groups is 1. The summed E-state index contributed by atoms with van der Waals surface area (Å²) >= 11 is 0. The minimum Gasteiger partial charge on any atom is -0.444 e.